The lowest BCUT2D eigenvalue weighted by atomic mass is 9.93. The van der Waals surface area contributed by atoms with E-state index in [0.717, 1.165) is 6.42 Å². The molecule has 0 unspecified atom stereocenters. The highest BCUT2D eigenvalue weighted by atomic mass is 35.7. The molecule has 0 spiro atoms. The van der Waals surface area contributed by atoms with Gasteiger partial charge in [-0.3, -0.25) is 0 Å². The van der Waals surface area contributed by atoms with Gasteiger partial charge >= 0.3 is 0 Å². The van der Waals surface area contributed by atoms with Crippen LogP contribution < -0.4 is 4.74 Å². The van der Waals surface area contributed by atoms with Crippen molar-refractivity contribution in [2.45, 2.75) is 32.1 Å². The molecule has 0 radical (unpaired) electrons. The minimum atomic E-state index is -3.86. The highest BCUT2D eigenvalue weighted by Crippen LogP contribution is 2.30. The Morgan fingerprint density at radius 3 is 2.39 bits per heavy atom. The van der Waals surface area contributed by atoms with Crippen LogP contribution in [0.1, 0.15) is 27.2 Å². The van der Waals surface area contributed by atoms with Crippen molar-refractivity contribution in [2.24, 2.45) is 5.41 Å². The maximum Gasteiger partial charge on any atom is 0.265 e. The van der Waals surface area contributed by atoms with Crippen LogP contribution >= 0.6 is 22.3 Å². The van der Waals surface area contributed by atoms with Crippen molar-refractivity contribution in [3.8, 4) is 5.75 Å². The fourth-order valence-corrected chi connectivity index (χ4v) is 2.49. The molecule has 0 saturated carbocycles. The third kappa shape index (κ3) is 5.04. The summed E-state index contributed by atoms with van der Waals surface area (Å²) in [7, 11) is 1.48. The van der Waals surface area contributed by atoms with Gasteiger partial charge in [0.1, 0.15) is 10.6 Å². The smallest absolute Gasteiger partial charge is 0.265 e. The molecule has 102 valence electrons. The fraction of sp³-hybridized carbons (Fsp3) is 0.500. The maximum atomic E-state index is 11.4. The summed E-state index contributed by atoms with van der Waals surface area (Å²) in [6, 6.07) is 4.37. The lowest BCUT2D eigenvalue weighted by Crippen LogP contribution is -2.12. The molecule has 0 aliphatic carbocycles. The first kappa shape index (κ1) is 15.6. The Morgan fingerprint density at radius 1 is 1.28 bits per heavy atom. The largest absolute Gasteiger partial charge is 0.492 e. The molecule has 18 heavy (non-hydrogen) atoms. The van der Waals surface area contributed by atoms with Crippen molar-refractivity contribution >= 4 is 31.3 Å². The van der Waals surface area contributed by atoms with Gasteiger partial charge in [-0.15, -0.1) is 0 Å². The van der Waals surface area contributed by atoms with Crippen molar-refractivity contribution in [3.05, 3.63) is 23.2 Å². The second-order valence-electron chi connectivity index (χ2n) is 5.19. The van der Waals surface area contributed by atoms with Crippen molar-refractivity contribution < 1.29 is 13.2 Å². The molecule has 0 aliphatic heterocycles. The zero-order valence-electron chi connectivity index (χ0n) is 10.5. The highest BCUT2D eigenvalue weighted by Gasteiger charge is 2.18. The molecule has 0 aliphatic rings. The van der Waals surface area contributed by atoms with E-state index in [2.05, 4.69) is 20.8 Å². The van der Waals surface area contributed by atoms with Crippen molar-refractivity contribution in [3.63, 3.8) is 0 Å². The molecular formula is C12H16Cl2O3S. The Morgan fingerprint density at radius 2 is 1.89 bits per heavy atom. The van der Waals surface area contributed by atoms with E-state index in [9.17, 15) is 8.42 Å². The number of hydrogen-bond donors (Lipinski definition) is 0. The average Bonchev–Trinajstić information content (AvgIpc) is 2.17. The van der Waals surface area contributed by atoms with E-state index in [1.807, 2.05) is 0 Å². The standard InChI is InChI=1S/C12H16Cl2O3S/c1-12(2,3)6-7-17-10-5-4-9(13)8-11(10)18(14,15)16/h4-5,8H,6-7H2,1-3H3. The quantitative estimate of drug-likeness (QED) is 0.787. The van der Waals surface area contributed by atoms with E-state index < -0.39 is 9.05 Å². The molecule has 0 bridgehead atoms. The minimum absolute atomic E-state index is 0.0921. The Kier molecular flexibility index (Phi) is 4.92. The van der Waals surface area contributed by atoms with Gasteiger partial charge < -0.3 is 4.74 Å². The van der Waals surface area contributed by atoms with Crippen LogP contribution in [0.5, 0.6) is 5.75 Å². The maximum absolute atomic E-state index is 11.4. The Labute approximate surface area is 117 Å². The SMILES string of the molecule is CC(C)(C)CCOc1ccc(Cl)cc1S(=O)(=O)Cl. The molecule has 1 aromatic carbocycles. The number of rotatable bonds is 4. The second kappa shape index (κ2) is 5.68. The van der Waals surface area contributed by atoms with E-state index in [1.54, 1.807) is 6.07 Å². The number of ether oxygens (including phenoxy) is 1. The van der Waals surface area contributed by atoms with Crippen LogP contribution in [0.15, 0.2) is 23.1 Å². The molecule has 1 rings (SSSR count). The van der Waals surface area contributed by atoms with Crippen LogP contribution in [0.25, 0.3) is 0 Å². The molecule has 0 amide bonds. The zero-order chi connectivity index (χ0) is 14.0. The molecule has 0 saturated heterocycles. The summed E-state index contributed by atoms with van der Waals surface area (Å²) in [5.74, 6) is 0.235. The van der Waals surface area contributed by atoms with Gasteiger partial charge in [-0.05, 0) is 30.0 Å². The Hall–Kier alpha value is -0.450. The van der Waals surface area contributed by atoms with Crippen LogP contribution in [-0.4, -0.2) is 15.0 Å². The van der Waals surface area contributed by atoms with Crippen LogP contribution in [0, 0.1) is 5.41 Å². The van der Waals surface area contributed by atoms with Gasteiger partial charge in [-0.2, -0.15) is 0 Å². The summed E-state index contributed by atoms with van der Waals surface area (Å²) >= 11 is 5.75. The second-order valence-corrected chi connectivity index (χ2v) is 8.16. The van der Waals surface area contributed by atoms with E-state index in [0.29, 0.717) is 11.6 Å². The first-order chi connectivity index (χ1) is 8.09. The average molecular weight is 311 g/mol. The first-order valence-corrected chi connectivity index (χ1v) is 8.15. The van der Waals surface area contributed by atoms with Gasteiger partial charge in [-0.25, -0.2) is 8.42 Å². The third-order valence-corrected chi connectivity index (χ3v) is 3.86. The van der Waals surface area contributed by atoms with Gasteiger partial charge in [0, 0.05) is 15.7 Å². The van der Waals surface area contributed by atoms with Gasteiger partial charge in [-0.1, -0.05) is 32.4 Å². The number of benzene rings is 1. The first-order valence-electron chi connectivity index (χ1n) is 5.47. The number of halogens is 2. The van der Waals surface area contributed by atoms with Crippen LogP contribution in [-0.2, 0) is 9.05 Å². The van der Waals surface area contributed by atoms with Crippen molar-refractivity contribution in [1.82, 2.24) is 0 Å². The van der Waals surface area contributed by atoms with Gasteiger partial charge in [0.15, 0.2) is 0 Å². The molecule has 1 aromatic rings. The van der Waals surface area contributed by atoms with Gasteiger partial charge in [0.2, 0.25) is 0 Å². The predicted octanol–water partition coefficient (Wildman–Crippen LogP) is 4.08. The Bertz CT molecular complexity index is 519. The highest BCUT2D eigenvalue weighted by molar-refractivity contribution is 8.13. The van der Waals surface area contributed by atoms with Crippen LogP contribution in [0.3, 0.4) is 0 Å². The van der Waals surface area contributed by atoms with Crippen LogP contribution in [0.2, 0.25) is 5.02 Å². The lowest BCUT2D eigenvalue weighted by molar-refractivity contribution is 0.239. The van der Waals surface area contributed by atoms with E-state index >= 15 is 0 Å². The topological polar surface area (TPSA) is 43.4 Å². The molecule has 0 heterocycles. The van der Waals surface area contributed by atoms with Gasteiger partial charge in [0.25, 0.3) is 9.05 Å². The summed E-state index contributed by atoms with van der Waals surface area (Å²) in [5, 5.41) is 0.303. The normalized spacial score (nSPS) is 12.5. The lowest BCUT2D eigenvalue weighted by Gasteiger charge is -2.18. The molecule has 6 heteroatoms. The molecule has 0 atom stereocenters. The summed E-state index contributed by atoms with van der Waals surface area (Å²) in [5.41, 5.74) is 0.117. The third-order valence-electron chi connectivity index (χ3n) is 2.28. The fourth-order valence-electron chi connectivity index (χ4n) is 1.26. The molecule has 0 fully saturated rings. The monoisotopic (exact) mass is 310 g/mol. The van der Waals surface area contributed by atoms with E-state index in [1.165, 1.54) is 12.1 Å². The Balaban J connectivity index is 2.90. The summed E-state index contributed by atoms with van der Waals surface area (Å²) < 4.78 is 28.3. The predicted molar refractivity (Wildman–Crippen MR) is 74.1 cm³/mol. The van der Waals surface area contributed by atoms with Gasteiger partial charge in [0.05, 0.1) is 6.61 Å². The van der Waals surface area contributed by atoms with Crippen LogP contribution in [0.4, 0.5) is 0 Å². The van der Waals surface area contributed by atoms with Crippen molar-refractivity contribution in [1.29, 1.82) is 0 Å². The van der Waals surface area contributed by atoms with E-state index in [4.69, 9.17) is 27.0 Å². The summed E-state index contributed by atoms with van der Waals surface area (Å²) in [4.78, 5) is -0.0921. The minimum Gasteiger partial charge on any atom is -0.492 e. The summed E-state index contributed by atoms with van der Waals surface area (Å²) in [6.45, 7) is 6.66. The zero-order valence-corrected chi connectivity index (χ0v) is 12.9. The molecular weight excluding hydrogens is 295 g/mol. The number of hydrogen-bond acceptors (Lipinski definition) is 3. The molecule has 3 nitrogen and oxygen atoms in total. The van der Waals surface area contributed by atoms with Crippen molar-refractivity contribution in [2.75, 3.05) is 6.61 Å². The molecule has 0 N–H and O–H groups in total. The molecule has 0 aromatic heterocycles. The van der Waals surface area contributed by atoms with E-state index in [-0.39, 0.29) is 16.1 Å². The summed E-state index contributed by atoms with van der Waals surface area (Å²) in [6.07, 6.45) is 0.803.